The Labute approximate surface area is 204 Å². The molecule has 3 aromatic carbocycles. The van der Waals surface area contributed by atoms with Crippen LogP contribution in [0, 0.1) is 0 Å². The van der Waals surface area contributed by atoms with Crippen LogP contribution < -0.4 is 10.1 Å². The first kappa shape index (κ1) is 22.6. The summed E-state index contributed by atoms with van der Waals surface area (Å²) in [6.45, 7) is 4.78. The Kier molecular flexibility index (Phi) is 6.88. The molecule has 174 valence electrons. The number of hydrogen-bond acceptors (Lipinski definition) is 5. The van der Waals surface area contributed by atoms with Crippen molar-refractivity contribution >= 4 is 33.1 Å². The van der Waals surface area contributed by atoms with Crippen molar-refractivity contribution < 1.29 is 9.53 Å². The lowest BCUT2D eigenvalue weighted by Crippen LogP contribution is -2.34. The Morgan fingerprint density at radius 2 is 1.76 bits per heavy atom. The van der Waals surface area contributed by atoms with E-state index < -0.39 is 0 Å². The maximum Gasteiger partial charge on any atom is 0.279 e. The molecule has 0 saturated carbocycles. The summed E-state index contributed by atoms with van der Waals surface area (Å²) in [6.07, 6.45) is 3.26. The van der Waals surface area contributed by atoms with Gasteiger partial charge in [-0.2, -0.15) is 0 Å². The molecule has 0 bridgehead atoms. The summed E-state index contributed by atoms with van der Waals surface area (Å²) in [4.78, 5) is 18.6. The van der Waals surface area contributed by atoms with Gasteiger partial charge < -0.3 is 15.0 Å². The highest BCUT2D eigenvalue weighted by Crippen LogP contribution is 2.33. The van der Waals surface area contributed by atoms with Crippen LogP contribution in [-0.2, 0) is 11.2 Å². The zero-order chi connectivity index (χ0) is 23.3. The molecule has 6 heteroatoms. The molecule has 1 fully saturated rings. The van der Waals surface area contributed by atoms with Crippen LogP contribution in [0.15, 0.2) is 72.8 Å². The van der Waals surface area contributed by atoms with Crippen molar-refractivity contribution in [2.75, 3.05) is 25.0 Å². The average molecular weight is 472 g/mol. The van der Waals surface area contributed by atoms with Crippen LogP contribution in [0.3, 0.4) is 0 Å². The first-order chi connectivity index (χ1) is 16.6. The van der Waals surface area contributed by atoms with E-state index in [1.54, 1.807) is 18.3 Å². The molecule has 1 aliphatic rings. The van der Waals surface area contributed by atoms with Crippen molar-refractivity contribution in [2.24, 2.45) is 0 Å². The number of aromatic nitrogens is 1. The fraction of sp³-hybridized carbons (Fsp3) is 0.286. The van der Waals surface area contributed by atoms with Crippen LogP contribution in [0.2, 0.25) is 0 Å². The minimum absolute atomic E-state index is 0.0126. The second-order valence-corrected chi connectivity index (χ2v) is 9.82. The Morgan fingerprint density at radius 1 is 1.03 bits per heavy atom. The summed E-state index contributed by atoms with van der Waals surface area (Å²) >= 11 is 1.57. The molecular weight excluding hydrogens is 442 g/mol. The molecule has 0 radical (unpaired) electrons. The minimum Gasteiger partial charge on any atom is -0.431 e. The average Bonchev–Trinajstić information content (AvgIpc) is 3.26. The van der Waals surface area contributed by atoms with E-state index in [4.69, 9.17) is 4.74 Å². The van der Waals surface area contributed by atoms with Crippen LogP contribution in [0.4, 0.5) is 5.69 Å². The molecular formula is C28H29N3O2S. The SMILES string of the molecule is CC(=O)Nc1ccccc1C1CCN(CCc2ccc(Oc3nc4ccccc4s3)cc2)CC1. The number of likely N-dealkylation sites (tertiary alicyclic amines) is 1. The van der Waals surface area contributed by atoms with Crippen LogP contribution >= 0.6 is 11.3 Å². The molecule has 4 aromatic rings. The summed E-state index contributed by atoms with van der Waals surface area (Å²) in [5.74, 6) is 1.31. The number of piperidine rings is 1. The third-order valence-electron chi connectivity index (χ3n) is 6.42. The number of benzene rings is 3. The van der Waals surface area contributed by atoms with E-state index in [1.807, 2.05) is 42.5 Å². The largest absolute Gasteiger partial charge is 0.431 e. The Morgan fingerprint density at radius 3 is 2.53 bits per heavy atom. The first-order valence-electron chi connectivity index (χ1n) is 11.9. The second-order valence-electron chi connectivity index (χ2n) is 8.83. The molecule has 34 heavy (non-hydrogen) atoms. The highest BCUT2D eigenvalue weighted by atomic mass is 32.1. The topological polar surface area (TPSA) is 54.5 Å². The van der Waals surface area contributed by atoms with Crippen molar-refractivity contribution in [1.82, 2.24) is 9.88 Å². The van der Waals surface area contributed by atoms with E-state index in [0.717, 1.165) is 60.6 Å². The summed E-state index contributed by atoms with van der Waals surface area (Å²) in [5.41, 5.74) is 4.51. The van der Waals surface area contributed by atoms with E-state index in [1.165, 1.54) is 11.1 Å². The lowest BCUT2D eigenvalue weighted by Gasteiger charge is -2.33. The van der Waals surface area contributed by atoms with E-state index in [9.17, 15) is 4.79 Å². The summed E-state index contributed by atoms with van der Waals surface area (Å²) < 4.78 is 7.11. The number of carbonyl (C=O) groups excluding carboxylic acids is 1. The van der Waals surface area contributed by atoms with Crippen molar-refractivity contribution in [3.63, 3.8) is 0 Å². The second kappa shape index (κ2) is 10.4. The van der Waals surface area contributed by atoms with Gasteiger partial charge in [0.15, 0.2) is 0 Å². The van der Waals surface area contributed by atoms with E-state index in [0.29, 0.717) is 11.1 Å². The fourth-order valence-corrected chi connectivity index (χ4v) is 5.47. The van der Waals surface area contributed by atoms with Gasteiger partial charge in [0.1, 0.15) is 5.75 Å². The predicted molar refractivity (Wildman–Crippen MR) is 139 cm³/mol. The van der Waals surface area contributed by atoms with Gasteiger partial charge >= 0.3 is 0 Å². The molecule has 5 nitrogen and oxygen atoms in total. The highest BCUT2D eigenvalue weighted by molar-refractivity contribution is 7.20. The van der Waals surface area contributed by atoms with Crippen LogP contribution in [-0.4, -0.2) is 35.4 Å². The smallest absolute Gasteiger partial charge is 0.279 e. The van der Waals surface area contributed by atoms with Gasteiger partial charge in [-0.1, -0.05) is 53.8 Å². The Hall–Kier alpha value is -3.22. The Balaban J connectivity index is 1.11. The lowest BCUT2D eigenvalue weighted by molar-refractivity contribution is -0.114. The van der Waals surface area contributed by atoms with Gasteiger partial charge in [0.2, 0.25) is 5.91 Å². The molecule has 1 amide bonds. The number of rotatable bonds is 7. The standard InChI is InChI=1S/C28H29N3O2S/c1-20(32)29-25-7-3-2-6-24(25)22-15-18-31(19-16-22)17-14-21-10-12-23(13-11-21)33-28-30-26-8-4-5-9-27(26)34-28/h2-13,22H,14-19H2,1H3,(H,29,32). The van der Waals surface area contributed by atoms with Crippen molar-refractivity contribution in [3.05, 3.63) is 83.9 Å². The minimum atomic E-state index is -0.0126. The molecule has 0 unspecified atom stereocenters. The number of nitrogens with zero attached hydrogens (tertiary/aromatic N) is 2. The van der Waals surface area contributed by atoms with Crippen molar-refractivity contribution in [3.8, 4) is 10.9 Å². The normalized spacial score (nSPS) is 14.9. The number of hydrogen-bond donors (Lipinski definition) is 1. The van der Waals surface area contributed by atoms with Gasteiger partial charge in [-0.05, 0) is 79.7 Å². The van der Waals surface area contributed by atoms with Gasteiger partial charge in [-0.15, -0.1) is 0 Å². The molecule has 1 N–H and O–H groups in total. The highest BCUT2D eigenvalue weighted by Gasteiger charge is 2.22. The lowest BCUT2D eigenvalue weighted by atomic mass is 9.88. The zero-order valence-electron chi connectivity index (χ0n) is 19.4. The van der Waals surface area contributed by atoms with Gasteiger partial charge in [-0.3, -0.25) is 4.79 Å². The monoisotopic (exact) mass is 471 g/mol. The molecule has 5 rings (SSSR count). The van der Waals surface area contributed by atoms with E-state index in [-0.39, 0.29) is 5.91 Å². The first-order valence-corrected chi connectivity index (χ1v) is 12.7. The van der Waals surface area contributed by atoms with Gasteiger partial charge in [0.05, 0.1) is 10.2 Å². The fourth-order valence-electron chi connectivity index (χ4n) is 4.63. The number of ether oxygens (including phenoxy) is 1. The number of amides is 1. The van der Waals surface area contributed by atoms with Crippen LogP contribution in [0.25, 0.3) is 10.2 Å². The zero-order valence-corrected chi connectivity index (χ0v) is 20.2. The van der Waals surface area contributed by atoms with Crippen molar-refractivity contribution in [2.45, 2.75) is 32.1 Å². The maximum absolute atomic E-state index is 11.5. The van der Waals surface area contributed by atoms with E-state index >= 15 is 0 Å². The molecule has 1 aliphatic heterocycles. The maximum atomic E-state index is 11.5. The van der Waals surface area contributed by atoms with Crippen molar-refractivity contribution in [1.29, 1.82) is 0 Å². The number of para-hydroxylation sites is 2. The van der Waals surface area contributed by atoms with E-state index in [2.05, 4.69) is 45.5 Å². The Bertz CT molecular complexity index is 1230. The number of carbonyl (C=O) groups is 1. The molecule has 1 saturated heterocycles. The van der Waals surface area contributed by atoms with Gasteiger partial charge in [-0.25, -0.2) is 4.98 Å². The molecule has 0 aliphatic carbocycles. The summed E-state index contributed by atoms with van der Waals surface area (Å²) in [5, 5.41) is 3.67. The number of thiazole rings is 1. The quantitative estimate of drug-likeness (QED) is 0.336. The number of nitrogens with one attached hydrogen (secondary N) is 1. The number of anilines is 1. The third-order valence-corrected chi connectivity index (χ3v) is 7.33. The predicted octanol–water partition coefficient (Wildman–Crippen LogP) is 6.47. The van der Waals surface area contributed by atoms with Crippen LogP contribution in [0.1, 0.15) is 36.8 Å². The molecule has 1 aromatic heterocycles. The van der Waals surface area contributed by atoms with Gasteiger partial charge in [0, 0.05) is 19.2 Å². The summed E-state index contributed by atoms with van der Waals surface area (Å²) in [6, 6.07) is 24.7. The summed E-state index contributed by atoms with van der Waals surface area (Å²) in [7, 11) is 0. The van der Waals surface area contributed by atoms with Gasteiger partial charge in [0.25, 0.3) is 5.19 Å². The third kappa shape index (κ3) is 5.46. The molecule has 0 spiro atoms. The number of fused-ring (bicyclic) bond motifs is 1. The molecule has 2 heterocycles. The van der Waals surface area contributed by atoms with Crippen LogP contribution in [0.5, 0.6) is 10.9 Å². The molecule has 0 atom stereocenters.